The molecule has 0 aliphatic heterocycles. The molecule has 0 aromatic rings. The van der Waals surface area contributed by atoms with Gasteiger partial charge in [0.15, 0.2) is 0 Å². The van der Waals surface area contributed by atoms with Gasteiger partial charge in [0.25, 0.3) is 6.29 Å². The Labute approximate surface area is 121 Å². The second kappa shape index (κ2) is 12.9. The highest BCUT2D eigenvalue weighted by atomic mass is 16.7. The maximum Gasteiger partial charge on any atom is 0.363 e. The van der Waals surface area contributed by atoms with E-state index in [1.807, 2.05) is 27.7 Å². The number of carbonyl (C=O) groups excluding carboxylic acids is 2. The SMILES string of the molecule is CCOC(=O)C(OC(C)C)OC(C)C.CCOC(C)=O. The van der Waals surface area contributed by atoms with Gasteiger partial charge in [-0.25, -0.2) is 4.79 Å². The van der Waals surface area contributed by atoms with Crippen LogP contribution in [0.5, 0.6) is 0 Å². The first kappa shape index (κ1) is 21.2. The number of carbonyl (C=O) groups is 2. The van der Waals surface area contributed by atoms with E-state index in [0.717, 1.165) is 0 Å². The quantitative estimate of drug-likeness (QED) is 0.529. The normalized spacial score (nSPS) is 10.3. The van der Waals surface area contributed by atoms with Gasteiger partial charge in [-0.05, 0) is 41.5 Å². The lowest BCUT2D eigenvalue weighted by Crippen LogP contribution is -2.33. The minimum Gasteiger partial charge on any atom is -0.466 e. The molecule has 0 aliphatic carbocycles. The molecule has 0 atom stereocenters. The molecule has 0 N–H and O–H groups in total. The zero-order valence-corrected chi connectivity index (χ0v) is 13.6. The summed E-state index contributed by atoms with van der Waals surface area (Å²) in [6.45, 7) is 13.1. The van der Waals surface area contributed by atoms with Crippen LogP contribution in [-0.2, 0) is 28.5 Å². The van der Waals surface area contributed by atoms with E-state index in [2.05, 4.69) is 4.74 Å². The van der Waals surface area contributed by atoms with Gasteiger partial charge in [0.05, 0.1) is 25.4 Å². The van der Waals surface area contributed by atoms with E-state index in [4.69, 9.17) is 14.2 Å². The summed E-state index contributed by atoms with van der Waals surface area (Å²) in [6.07, 6.45) is -1.04. The van der Waals surface area contributed by atoms with Crippen molar-refractivity contribution in [3.8, 4) is 0 Å². The Hall–Kier alpha value is -1.14. The molecule has 0 saturated carbocycles. The predicted octanol–water partition coefficient (Wildman–Crippen LogP) is 2.29. The summed E-state index contributed by atoms with van der Waals surface area (Å²) in [4.78, 5) is 21.2. The molecule has 0 bridgehead atoms. The van der Waals surface area contributed by atoms with Crippen molar-refractivity contribution in [3.05, 3.63) is 0 Å². The van der Waals surface area contributed by atoms with E-state index < -0.39 is 12.3 Å². The van der Waals surface area contributed by atoms with Crippen molar-refractivity contribution in [1.29, 1.82) is 0 Å². The predicted molar refractivity (Wildman–Crippen MR) is 75.2 cm³/mol. The van der Waals surface area contributed by atoms with E-state index in [0.29, 0.717) is 13.2 Å². The van der Waals surface area contributed by atoms with E-state index >= 15 is 0 Å². The Balaban J connectivity index is 0. The fraction of sp³-hybridized carbons (Fsp3) is 0.857. The molecular formula is C14H28O6. The Morgan fingerprint density at radius 2 is 1.25 bits per heavy atom. The summed E-state index contributed by atoms with van der Waals surface area (Å²) in [5.41, 5.74) is 0. The number of esters is 2. The number of rotatable bonds is 7. The number of hydrogen-bond acceptors (Lipinski definition) is 6. The molecule has 0 aliphatic rings. The van der Waals surface area contributed by atoms with Gasteiger partial charge in [0.1, 0.15) is 0 Å². The van der Waals surface area contributed by atoms with E-state index in [9.17, 15) is 9.59 Å². The Bertz CT molecular complexity index is 252. The second-order valence-corrected chi connectivity index (χ2v) is 4.38. The molecule has 0 saturated heterocycles. The van der Waals surface area contributed by atoms with E-state index in [1.165, 1.54) is 6.92 Å². The average Bonchev–Trinajstić information content (AvgIpc) is 2.27. The van der Waals surface area contributed by atoms with Crippen LogP contribution in [0.1, 0.15) is 48.5 Å². The van der Waals surface area contributed by atoms with Crippen LogP contribution in [-0.4, -0.2) is 43.7 Å². The smallest absolute Gasteiger partial charge is 0.363 e. The lowest BCUT2D eigenvalue weighted by atomic mass is 10.4. The third-order valence-corrected chi connectivity index (χ3v) is 1.62. The third-order valence-electron chi connectivity index (χ3n) is 1.62. The lowest BCUT2D eigenvalue weighted by molar-refractivity contribution is -0.211. The van der Waals surface area contributed by atoms with Crippen molar-refractivity contribution in [3.63, 3.8) is 0 Å². The Morgan fingerprint density at radius 3 is 1.45 bits per heavy atom. The summed E-state index contributed by atoms with van der Waals surface area (Å²) in [7, 11) is 0. The van der Waals surface area contributed by atoms with E-state index in [-0.39, 0.29) is 18.2 Å². The van der Waals surface area contributed by atoms with Gasteiger partial charge in [-0.1, -0.05) is 0 Å². The zero-order chi connectivity index (χ0) is 16.1. The molecule has 0 rings (SSSR count). The van der Waals surface area contributed by atoms with Gasteiger partial charge in [-0.2, -0.15) is 0 Å². The molecule has 0 heterocycles. The molecule has 0 amide bonds. The molecule has 6 heteroatoms. The van der Waals surface area contributed by atoms with Crippen molar-refractivity contribution in [2.45, 2.75) is 67.0 Å². The summed E-state index contributed by atoms with van der Waals surface area (Å²) in [5.74, 6) is -0.674. The first-order valence-corrected chi connectivity index (χ1v) is 6.85. The van der Waals surface area contributed by atoms with Gasteiger partial charge in [-0.15, -0.1) is 0 Å². The van der Waals surface area contributed by atoms with Crippen LogP contribution in [0, 0.1) is 0 Å². The minimum absolute atomic E-state index is 0.0665. The average molecular weight is 292 g/mol. The standard InChI is InChI=1S/C10H20O4.C4H8O2/c1-6-12-9(11)10(13-7(2)3)14-8(4)5;1-3-6-4(2)5/h7-8,10H,6H2,1-5H3;3H2,1-2H3. The monoisotopic (exact) mass is 292 g/mol. The van der Waals surface area contributed by atoms with Crippen LogP contribution in [0.2, 0.25) is 0 Å². The first-order chi connectivity index (χ1) is 9.24. The van der Waals surface area contributed by atoms with Crippen LogP contribution in [0.25, 0.3) is 0 Å². The van der Waals surface area contributed by atoms with Gasteiger partial charge in [0, 0.05) is 6.92 Å². The van der Waals surface area contributed by atoms with Crippen LogP contribution in [0.15, 0.2) is 0 Å². The maximum absolute atomic E-state index is 11.3. The Kier molecular flexibility index (Phi) is 13.6. The molecule has 0 aromatic heterocycles. The largest absolute Gasteiger partial charge is 0.466 e. The fourth-order valence-electron chi connectivity index (χ4n) is 1.05. The molecule has 0 fully saturated rings. The van der Waals surface area contributed by atoms with Gasteiger partial charge in [0.2, 0.25) is 0 Å². The molecule has 0 spiro atoms. The maximum atomic E-state index is 11.3. The van der Waals surface area contributed by atoms with Crippen LogP contribution >= 0.6 is 0 Å². The number of hydrogen-bond donors (Lipinski definition) is 0. The molecular weight excluding hydrogens is 264 g/mol. The first-order valence-electron chi connectivity index (χ1n) is 6.85. The van der Waals surface area contributed by atoms with Gasteiger partial charge >= 0.3 is 11.9 Å². The zero-order valence-electron chi connectivity index (χ0n) is 13.6. The van der Waals surface area contributed by atoms with E-state index in [1.54, 1.807) is 13.8 Å². The molecule has 0 aromatic carbocycles. The summed E-state index contributed by atoms with van der Waals surface area (Å²) in [5, 5.41) is 0. The van der Waals surface area contributed by atoms with Crippen molar-refractivity contribution < 1.29 is 28.5 Å². The topological polar surface area (TPSA) is 71.1 Å². The molecule has 0 unspecified atom stereocenters. The van der Waals surface area contributed by atoms with Crippen molar-refractivity contribution in [1.82, 2.24) is 0 Å². The molecule has 120 valence electrons. The second-order valence-electron chi connectivity index (χ2n) is 4.38. The van der Waals surface area contributed by atoms with Crippen molar-refractivity contribution in [2.75, 3.05) is 13.2 Å². The third kappa shape index (κ3) is 14.9. The Morgan fingerprint density at radius 1 is 0.850 bits per heavy atom. The summed E-state index contributed by atoms with van der Waals surface area (Å²) in [6, 6.07) is 0. The highest BCUT2D eigenvalue weighted by molar-refractivity contribution is 5.73. The summed E-state index contributed by atoms with van der Waals surface area (Å²) >= 11 is 0. The highest BCUT2D eigenvalue weighted by Gasteiger charge is 2.23. The number of ether oxygens (including phenoxy) is 4. The molecule has 0 radical (unpaired) electrons. The molecule has 6 nitrogen and oxygen atoms in total. The minimum atomic E-state index is -0.907. The highest BCUT2D eigenvalue weighted by Crippen LogP contribution is 2.05. The molecule has 20 heavy (non-hydrogen) atoms. The lowest BCUT2D eigenvalue weighted by Gasteiger charge is -2.20. The van der Waals surface area contributed by atoms with Crippen LogP contribution in [0.3, 0.4) is 0 Å². The fourth-order valence-corrected chi connectivity index (χ4v) is 1.05. The van der Waals surface area contributed by atoms with Gasteiger partial charge in [-0.3, -0.25) is 4.79 Å². The van der Waals surface area contributed by atoms with Gasteiger partial charge < -0.3 is 18.9 Å². The van der Waals surface area contributed by atoms with Crippen molar-refractivity contribution in [2.24, 2.45) is 0 Å². The van der Waals surface area contributed by atoms with Crippen LogP contribution < -0.4 is 0 Å². The van der Waals surface area contributed by atoms with Crippen molar-refractivity contribution >= 4 is 11.9 Å². The van der Waals surface area contributed by atoms with Crippen LogP contribution in [0.4, 0.5) is 0 Å². The summed E-state index contributed by atoms with van der Waals surface area (Å²) < 4.78 is 19.8.